The second kappa shape index (κ2) is 10.1. The topological polar surface area (TPSA) is 18.5 Å². The van der Waals surface area contributed by atoms with Crippen molar-refractivity contribution in [3.05, 3.63) is 48.6 Å². The molecule has 2 aromatic rings. The molecule has 3 heteroatoms. The van der Waals surface area contributed by atoms with Gasteiger partial charge < -0.3 is 9.47 Å². The molecule has 4 rings (SSSR count). The highest BCUT2D eigenvalue weighted by Gasteiger charge is 2.45. The largest absolute Gasteiger partial charge is 0.497 e. The van der Waals surface area contributed by atoms with E-state index >= 15 is 0 Å². The van der Waals surface area contributed by atoms with Crippen LogP contribution in [0.4, 0.5) is 0 Å². The summed E-state index contributed by atoms with van der Waals surface area (Å²) in [5.74, 6) is 2.77. The lowest BCUT2D eigenvalue weighted by Crippen LogP contribution is -2.55. The van der Waals surface area contributed by atoms with Gasteiger partial charge in [-0.05, 0) is 83.0 Å². The van der Waals surface area contributed by atoms with Crippen molar-refractivity contribution in [2.75, 3.05) is 14.2 Å². The maximum absolute atomic E-state index is 5.62. The molecule has 1 atom stereocenters. The van der Waals surface area contributed by atoms with Gasteiger partial charge in [0, 0.05) is 0 Å². The number of hydrogen-bond donors (Lipinski definition) is 0. The first-order valence-corrected chi connectivity index (χ1v) is 14.7. The molecule has 2 nitrogen and oxygen atoms in total. The predicted octanol–water partition coefficient (Wildman–Crippen LogP) is 6.57. The molecule has 2 aliphatic rings. The Labute approximate surface area is 189 Å². The Kier molecular flexibility index (Phi) is 7.22. The van der Waals surface area contributed by atoms with Gasteiger partial charge in [-0.15, -0.1) is 0 Å². The molecule has 0 N–H and O–H groups in total. The summed E-state index contributed by atoms with van der Waals surface area (Å²) in [5.41, 5.74) is 2.80. The van der Waals surface area contributed by atoms with Crippen LogP contribution < -0.4 is 19.8 Å². The van der Waals surface area contributed by atoms with E-state index in [1.807, 2.05) is 0 Å². The summed E-state index contributed by atoms with van der Waals surface area (Å²) in [5, 5.41) is 3.28. The molecule has 1 aliphatic carbocycles. The van der Waals surface area contributed by atoms with E-state index < -0.39 is 8.07 Å². The van der Waals surface area contributed by atoms with Gasteiger partial charge in [0.15, 0.2) is 0 Å². The third kappa shape index (κ3) is 4.48. The average molecular weight is 435 g/mol. The van der Waals surface area contributed by atoms with Gasteiger partial charge in [0.2, 0.25) is 0 Å². The first-order valence-electron chi connectivity index (χ1n) is 12.2. The molecule has 1 aliphatic heterocycles. The molecule has 0 bridgehead atoms. The average Bonchev–Trinajstić information content (AvgIpc) is 3.10. The smallest absolute Gasteiger partial charge is 0.119 e. The summed E-state index contributed by atoms with van der Waals surface area (Å²) in [6, 6.07) is 16.5. The SMILES string of the molecule is CCCCCC[Si]1(CCC2CC=CCC2)c2ccc(OC)cc2-c2cc(OC)ccc21. The quantitative estimate of drug-likeness (QED) is 0.239. The number of unbranched alkanes of at least 4 members (excludes halogenated alkanes) is 3. The van der Waals surface area contributed by atoms with E-state index in [-0.39, 0.29) is 0 Å². The number of allylic oxidation sites excluding steroid dienone is 2. The lowest BCUT2D eigenvalue weighted by atomic mass is 9.92. The van der Waals surface area contributed by atoms with Crippen LogP contribution in [0.25, 0.3) is 11.1 Å². The molecule has 0 saturated carbocycles. The van der Waals surface area contributed by atoms with Crippen LogP contribution >= 0.6 is 0 Å². The Morgan fingerprint density at radius 2 is 1.52 bits per heavy atom. The Morgan fingerprint density at radius 3 is 2.06 bits per heavy atom. The van der Waals surface area contributed by atoms with Gasteiger partial charge in [0.25, 0.3) is 0 Å². The van der Waals surface area contributed by atoms with Gasteiger partial charge in [0.1, 0.15) is 19.6 Å². The number of ether oxygens (including phenoxy) is 2. The summed E-state index contributed by atoms with van der Waals surface area (Å²) in [6.45, 7) is 2.31. The minimum atomic E-state index is -1.81. The van der Waals surface area contributed by atoms with E-state index in [1.54, 1.807) is 24.6 Å². The number of methoxy groups -OCH3 is 2. The fourth-order valence-corrected chi connectivity index (χ4v) is 11.4. The zero-order valence-corrected chi connectivity index (χ0v) is 20.6. The minimum Gasteiger partial charge on any atom is -0.497 e. The highest BCUT2D eigenvalue weighted by Crippen LogP contribution is 2.39. The second-order valence-corrected chi connectivity index (χ2v) is 13.6. The molecule has 1 heterocycles. The molecule has 0 radical (unpaired) electrons. The van der Waals surface area contributed by atoms with Crippen LogP contribution in [0, 0.1) is 5.92 Å². The third-order valence-corrected chi connectivity index (χ3v) is 12.9. The Balaban J connectivity index is 1.75. The normalized spacial score (nSPS) is 18.5. The van der Waals surface area contributed by atoms with Crippen molar-refractivity contribution in [3.63, 3.8) is 0 Å². The highest BCUT2D eigenvalue weighted by molar-refractivity contribution is 7.05. The Bertz CT molecular complexity index is 864. The summed E-state index contributed by atoms with van der Waals surface area (Å²) in [4.78, 5) is 0. The molecule has 0 amide bonds. The molecular formula is C28H38O2Si. The number of hydrogen-bond acceptors (Lipinski definition) is 2. The highest BCUT2D eigenvalue weighted by atomic mass is 28.3. The van der Waals surface area contributed by atoms with Crippen molar-refractivity contribution in [2.45, 2.75) is 70.4 Å². The molecule has 0 aromatic heterocycles. The molecule has 0 fully saturated rings. The number of fused-ring (bicyclic) bond motifs is 3. The van der Waals surface area contributed by atoms with E-state index in [0.29, 0.717) is 0 Å². The molecule has 31 heavy (non-hydrogen) atoms. The van der Waals surface area contributed by atoms with Crippen LogP contribution in [-0.2, 0) is 0 Å². The van der Waals surface area contributed by atoms with Crippen molar-refractivity contribution in [2.24, 2.45) is 5.92 Å². The standard InChI is InChI=1S/C28H38O2Si/c1-4-5-6-10-18-31(19-17-22-11-8-7-9-12-22)27-15-13-23(29-2)20-25(27)26-21-24(30-3)14-16-28(26)31/h7-8,13-16,20-22H,4-6,9-12,17-19H2,1-3H3. The van der Waals surface area contributed by atoms with E-state index in [1.165, 1.54) is 74.6 Å². The first kappa shape index (κ1) is 22.2. The Hall–Kier alpha value is -2.00. The van der Waals surface area contributed by atoms with Crippen molar-refractivity contribution >= 4 is 18.4 Å². The molecule has 0 saturated heterocycles. The van der Waals surface area contributed by atoms with Gasteiger partial charge in [0.05, 0.1) is 14.2 Å². The predicted molar refractivity (Wildman–Crippen MR) is 135 cm³/mol. The van der Waals surface area contributed by atoms with Crippen molar-refractivity contribution < 1.29 is 9.47 Å². The van der Waals surface area contributed by atoms with Crippen LogP contribution in [0.5, 0.6) is 11.5 Å². The minimum absolute atomic E-state index is 0.856. The number of benzene rings is 2. The zero-order valence-electron chi connectivity index (χ0n) is 19.6. The van der Waals surface area contributed by atoms with E-state index in [2.05, 4.69) is 55.5 Å². The van der Waals surface area contributed by atoms with Crippen LogP contribution in [0.3, 0.4) is 0 Å². The van der Waals surface area contributed by atoms with Gasteiger partial charge in [-0.3, -0.25) is 0 Å². The zero-order chi connectivity index (χ0) is 21.7. The van der Waals surface area contributed by atoms with Crippen molar-refractivity contribution in [3.8, 4) is 22.6 Å². The maximum atomic E-state index is 5.62. The van der Waals surface area contributed by atoms with E-state index in [0.717, 1.165) is 17.4 Å². The summed E-state index contributed by atoms with van der Waals surface area (Å²) in [7, 11) is 1.73. The molecular weight excluding hydrogens is 396 g/mol. The van der Waals surface area contributed by atoms with E-state index in [4.69, 9.17) is 9.47 Å². The molecule has 0 spiro atoms. The van der Waals surface area contributed by atoms with Crippen LogP contribution in [0.2, 0.25) is 12.1 Å². The lowest BCUT2D eigenvalue weighted by molar-refractivity contribution is 0.414. The van der Waals surface area contributed by atoms with Gasteiger partial charge >= 0.3 is 0 Å². The van der Waals surface area contributed by atoms with Gasteiger partial charge in [-0.1, -0.05) is 63.3 Å². The van der Waals surface area contributed by atoms with Crippen LogP contribution in [0.15, 0.2) is 48.6 Å². The maximum Gasteiger partial charge on any atom is 0.119 e. The fraction of sp³-hybridized carbons (Fsp3) is 0.500. The van der Waals surface area contributed by atoms with E-state index in [9.17, 15) is 0 Å². The Morgan fingerprint density at radius 1 is 0.839 bits per heavy atom. The van der Waals surface area contributed by atoms with Crippen molar-refractivity contribution in [1.29, 1.82) is 0 Å². The lowest BCUT2D eigenvalue weighted by Gasteiger charge is -2.32. The summed E-state index contributed by atoms with van der Waals surface area (Å²) >= 11 is 0. The number of rotatable bonds is 10. The second-order valence-electron chi connectivity index (χ2n) is 9.40. The van der Waals surface area contributed by atoms with Gasteiger partial charge in [-0.25, -0.2) is 0 Å². The van der Waals surface area contributed by atoms with Crippen molar-refractivity contribution in [1.82, 2.24) is 0 Å². The van der Waals surface area contributed by atoms with Crippen LogP contribution in [0.1, 0.15) is 58.3 Å². The molecule has 166 valence electrons. The molecule has 2 aromatic carbocycles. The fourth-order valence-electron chi connectivity index (χ4n) is 5.81. The summed E-state index contributed by atoms with van der Waals surface area (Å²) in [6.07, 6.45) is 15.4. The summed E-state index contributed by atoms with van der Waals surface area (Å²) < 4.78 is 11.2. The monoisotopic (exact) mass is 434 g/mol. The van der Waals surface area contributed by atoms with Crippen LogP contribution in [-0.4, -0.2) is 22.3 Å². The first-order chi connectivity index (χ1) is 15.2. The third-order valence-electron chi connectivity index (χ3n) is 7.59. The molecule has 1 unspecified atom stereocenters. The van der Waals surface area contributed by atoms with Gasteiger partial charge in [-0.2, -0.15) is 0 Å².